The number of carbonyl (C=O) groups is 1. The topological polar surface area (TPSA) is 63.9 Å². The largest absolute Gasteiger partial charge is 0.323 e. The molecule has 2 amide bonds. The Morgan fingerprint density at radius 1 is 0.889 bits per heavy atom. The molecule has 6 heteroatoms. The van der Waals surface area contributed by atoms with E-state index in [1.165, 1.54) is 0 Å². The summed E-state index contributed by atoms with van der Waals surface area (Å²) < 4.78 is 3.71. The second-order valence-corrected chi connectivity index (χ2v) is 6.16. The van der Waals surface area contributed by atoms with Crippen LogP contribution in [0.25, 0.3) is 11.5 Å². The fraction of sp³-hybridized carbons (Fsp3) is 0.0476. The van der Waals surface area contributed by atoms with Gasteiger partial charge in [-0.15, -0.1) is 0 Å². The normalized spacial score (nSPS) is 10.6. The number of rotatable bonds is 4. The van der Waals surface area contributed by atoms with Gasteiger partial charge >= 0.3 is 6.03 Å². The molecular weight excluding hydrogens is 338 g/mol. The first-order chi connectivity index (χ1) is 13.2. The zero-order chi connectivity index (χ0) is 18.6. The summed E-state index contributed by atoms with van der Waals surface area (Å²) in [4.78, 5) is 12.5. The van der Waals surface area contributed by atoms with Gasteiger partial charge in [-0.25, -0.2) is 9.48 Å². The fourth-order valence-electron chi connectivity index (χ4n) is 2.83. The van der Waals surface area contributed by atoms with Gasteiger partial charge in [0.25, 0.3) is 0 Å². The highest BCUT2D eigenvalue weighted by Crippen LogP contribution is 2.24. The van der Waals surface area contributed by atoms with Crippen molar-refractivity contribution in [2.45, 2.75) is 6.92 Å². The van der Waals surface area contributed by atoms with Crippen molar-refractivity contribution in [2.75, 3.05) is 10.6 Å². The molecule has 0 saturated heterocycles. The van der Waals surface area contributed by atoms with Crippen molar-refractivity contribution in [3.63, 3.8) is 0 Å². The number of urea groups is 1. The third-order valence-electron chi connectivity index (χ3n) is 4.15. The van der Waals surface area contributed by atoms with E-state index in [9.17, 15) is 4.79 Å². The zero-order valence-corrected chi connectivity index (χ0v) is 14.8. The molecule has 0 spiro atoms. The number of nitrogens with zero attached hydrogens (tertiary/aromatic N) is 3. The lowest BCUT2D eigenvalue weighted by Gasteiger charge is -2.12. The van der Waals surface area contributed by atoms with Gasteiger partial charge in [-0.1, -0.05) is 35.9 Å². The first kappa shape index (κ1) is 16.7. The zero-order valence-electron chi connectivity index (χ0n) is 14.8. The molecule has 6 nitrogen and oxygen atoms in total. The number of hydrogen-bond acceptors (Lipinski definition) is 2. The van der Waals surface area contributed by atoms with Gasteiger partial charge in [-0.3, -0.25) is 0 Å². The van der Waals surface area contributed by atoms with Crippen LogP contribution in [0, 0.1) is 6.92 Å². The molecule has 4 aromatic rings. The Balaban J connectivity index is 1.64. The summed E-state index contributed by atoms with van der Waals surface area (Å²) in [6.45, 7) is 2.01. The number of para-hydroxylation sites is 1. The van der Waals surface area contributed by atoms with Crippen molar-refractivity contribution in [2.24, 2.45) is 0 Å². The quantitative estimate of drug-likeness (QED) is 0.560. The summed E-state index contributed by atoms with van der Waals surface area (Å²) in [5.74, 6) is 0.755. The van der Waals surface area contributed by atoms with Crippen molar-refractivity contribution in [3.05, 3.63) is 90.9 Å². The summed E-state index contributed by atoms with van der Waals surface area (Å²) in [6.07, 6.45) is 5.48. The van der Waals surface area contributed by atoms with Crippen molar-refractivity contribution >= 4 is 17.4 Å². The minimum absolute atomic E-state index is 0.320. The van der Waals surface area contributed by atoms with E-state index in [0.717, 1.165) is 22.8 Å². The van der Waals surface area contributed by atoms with Crippen LogP contribution in [-0.4, -0.2) is 20.4 Å². The Morgan fingerprint density at radius 3 is 2.30 bits per heavy atom. The molecule has 134 valence electrons. The summed E-state index contributed by atoms with van der Waals surface area (Å²) >= 11 is 0. The van der Waals surface area contributed by atoms with E-state index < -0.39 is 0 Å². The van der Waals surface area contributed by atoms with Crippen LogP contribution in [0.1, 0.15) is 5.56 Å². The first-order valence-corrected chi connectivity index (χ1v) is 8.62. The second-order valence-electron chi connectivity index (χ2n) is 6.16. The predicted molar refractivity (Wildman–Crippen MR) is 107 cm³/mol. The van der Waals surface area contributed by atoms with E-state index in [1.807, 2.05) is 90.6 Å². The van der Waals surface area contributed by atoms with E-state index in [0.29, 0.717) is 5.69 Å². The van der Waals surface area contributed by atoms with Crippen molar-refractivity contribution in [1.82, 2.24) is 14.3 Å². The van der Waals surface area contributed by atoms with Crippen LogP contribution in [0.2, 0.25) is 0 Å². The van der Waals surface area contributed by atoms with Gasteiger partial charge in [0, 0.05) is 18.1 Å². The molecule has 27 heavy (non-hydrogen) atoms. The second kappa shape index (κ2) is 7.21. The summed E-state index contributed by atoms with van der Waals surface area (Å²) in [7, 11) is 0. The van der Waals surface area contributed by atoms with Crippen LogP contribution in [-0.2, 0) is 0 Å². The Morgan fingerprint density at radius 2 is 1.59 bits per heavy atom. The van der Waals surface area contributed by atoms with E-state index in [1.54, 1.807) is 10.9 Å². The Hall–Kier alpha value is -3.80. The number of carbonyl (C=O) groups excluding carboxylic acids is 1. The van der Waals surface area contributed by atoms with Gasteiger partial charge < -0.3 is 15.2 Å². The van der Waals surface area contributed by atoms with Crippen molar-refractivity contribution in [3.8, 4) is 11.5 Å². The molecule has 0 unspecified atom stereocenters. The molecule has 0 atom stereocenters. The number of aromatic nitrogens is 3. The molecule has 2 N–H and O–H groups in total. The third kappa shape index (κ3) is 3.59. The maximum Gasteiger partial charge on any atom is 0.323 e. The lowest BCUT2D eigenvalue weighted by atomic mass is 10.2. The molecule has 0 aliphatic carbocycles. The molecule has 0 aliphatic heterocycles. The van der Waals surface area contributed by atoms with Gasteiger partial charge in [0.2, 0.25) is 0 Å². The van der Waals surface area contributed by atoms with E-state index in [2.05, 4.69) is 15.7 Å². The van der Waals surface area contributed by atoms with E-state index >= 15 is 0 Å². The molecule has 4 rings (SSSR count). The van der Waals surface area contributed by atoms with Crippen molar-refractivity contribution in [1.29, 1.82) is 0 Å². The number of hydrogen-bond donors (Lipinski definition) is 2. The van der Waals surface area contributed by atoms with Crippen LogP contribution in [0.4, 0.5) is 16.2 Å². The van der Waals surface area contributed by atoms with Crippen LogP contribution < -0.4 is 10.6 Å². The van der Waals surface area contributed by atoms with Crippen molar-refractivity contribution < 1.29 is 4.79 Å². The predicted octanol–water partition coefficient (Wildman–Crippen LogP) is 4.62. The van der Waals surface area contributed by atoms with Gasteiger partial charge in [-0.2, -0.15) is 5.10 Å². The highest BCUT2D eigenvalue weighted by atomic mass is 16.2. The number of nitrogens with one attached hydrogen (secondary N) is 2. The molecular formula is C21H19N5O. The maximum atomic E-state index is 12.5. The first-order valence-electron chi connectivity index (χ1n) is 8.62. The Bertz CT molecular complexity index is 1030. The molecule has 0 aliphatic rings. The SMILES string of the molecule is Cc1ccc(NC(=O)Nc2cnn(-c3ccccc3)c2-n2cccc2)cc1. The van der Waals surface area contributed by atoms with Gasteiger partial charge in [0.15, 0.2) is 5.82 Å². The lowest BCUT2D eigenvalue weighted by molar-refractivity contribution is 0.262. The molecule has 2 aromatic heterocycles. The van der Waals surface area contributed by atoms with E-state index in [4.69, 9.17) is 0 Å². The Labute approximate surface area is 157 Å². The standard InChI is InChI=1S/C21H19N5O/c1-16-9-11-17(12-10-16)23-21(27)24-19-15-22-26(18-7-3-2-4-8-18)20(19)25-13-5-6-14-25/h2-15H,1H3,(H2,23,24,27). The maximum absolute atomic E-state index is 12.5. The summed E-state index contributed by atoms with van der Waals surface area (Å²) in [5, 5.41) is 10.2. The van der Waals surface area contributed by atoms with Crippen LogP contribution in [0.3, 0.4) is 0 Å². The minimum atomic E-state index is -0.320. The van der Waals surface area contributed by atoms with Crippen LogP contribution >= 0.6 is 0 Å². The smallest absolute Gasteiger partial charge is 0.308 e. The highest BCUT2D eigenvalue weighted by Gasteiger charge is 2.16. The average Bonchev–Trinajstić information content (AvgIpc) is 3.34. The van der Waals surface area contributed by atoms with E-state index in [-0.39, 0.29) is 6.03 Å². The fourth-order valence-corrected chi connectivity index (χ4v) is 2.83. The molecule has 0 bridgehead atoms. The average molecular weight is 357 g/mol. The molecule has 2 aromatic carbocycles. The summed E-state index contributed by atoms with van der Waals surface area (Å²) in [6, 6.07) is 21.0. The van der Waals surface area contributed by atoms with Gasteiger partial charge in [-0.05, 0) is 43.3 Å². The molecule has 2 heterocycles. The number of amides is 2. The third-order valence-corrected chi connectivity index (χ3v) is 4.15. The minimum Gasteiger partial charge on any atom is -0.308 e. The van der Waals surface area contributed by atoms with Gasteiger partial charge in [0.05, 0.1) is 11.9 Å². The monoisotopic (exact) mass is 357 g/mol. The van der Waals surface area contributed by atoms with Crippen LogP contribution in [0.15, 0.2) is 85.3 Å². The molecule has 0 saturated carbocycles. The summed E-state index contributed by atoms with van der Waals surface area (Å²) in [5.41, 5.74) is 3.39. The lowest BCUT2D eigenvalue weighted by Crippen LogP contribution is -2.20. The molecule has 0 radical (unpaired) electrons. The number of aryl methyl sites for hydroxylation is 1. The highest BCUT2D eigenvalue weighted by molar-refractivity contribution is 6.00. The number of anilines is 2. The Kier molecular flexibility index (Phi) is 4.45. The number of benzene rings is 2. The molecule has 0 fully saturated rings. The van der Waals surface area contributed by atoms with Gasteiger partial charge in [0.1, 0.15) is 5.69 Å². The van der Waals surface area contributed by atoms with Crippen LogP contribution in [0.5, 0.6) is 0 Å².